The summed E-state index contributed by atoms with van der Waals surface area (Å²) in [5.74, 6) is 0.555. The van der Waals surface area contributed by atoms with Gasteiger partial charge in [-0.3, -0.25) is 9.48 Å². The van der Waals surface area contributed by atoms with Gasteiger partial charge in [-0.05, 0) is 0 Å². The Hall–Kier alpha value is -2.18. The van der Waals surface area contributed by atoms with Gasteiger partial charge in [-0.25, -0.2) is 4.98 Å². The van der Waals surface area contributed by atoms with Crippen molar-refractivity contribution in [3.8, 4) is 0 Å². The standard InChI is InChI=1S/C8H10N6O/c15-8-5-7(10-6-11-8)9-1-3-14-4-2-12-13-14/h2,4-6H,1,3H2,(H2,9,10,11,15). The topological polar surface area (TPSA) is 88.5 Å². The normalized spacial score (nSPS) is 10.1. The molecule has 0 aromatic carbocycles. The molecule has 2 aromatic heterocycles. The Kier molecular flexibility index (Phi) is 2.72. The number of hydrogen-bond donors (Lipinski definition) is 2. The van der Waals surface area contributed by atoms with Crippen LogP contribution in [0.4, 0.5) is 5.82 Å². The van der Waals surface area contributed by atoms with Gasteiger partial charge in [0.05, 0.1) is 19.1 Å². The first kappa shape index (κ1) is 9.38. The second-order valence-corrected chi connectivity index (χ2v) is 2.89. The van der Waals surface area contributed by atoms with Crippen molar-refractivity contribution in [2.45, 2.75) is 6.54 Å². The van der Waals surface area contributed by atoms with Crippen LogP contribution in [0.3, 0.4) is 0 Å². The molecule has 0 fully saturated rings. The van der Waals surface area contributed by atoms with E-state index in [9.17, 15) is 4.79 Å². The summed E-state index contributed by atoms with van der Waals surface area (Å²) in [5.41, 5.74) is -0.173. The second-order valence-electron chi connectivity index (χ2n) is 2.89. The molecule has 0 amide bonds. The molecule has 2 heterocycles. The first-order chi connectivity index (χ1) is 7.34. The van der Waals surface area contributed by atoms with Crippen molar-refractivity contribution in [1.29, 1.82) is 0 Å². The zero-order chi connectivity index (χ0) is 10.5. The Morgan fingerprint density at radius 1 is 1.53 bits per heavy atom. The molecule has 2 rings (SSSR count). The van der Waals surface area contributed by atoms with Gasteiger partial charge in [0.2, 0.25) is 0 Å². The summed E-state index contributed by atoms with van der Waals surface area (Å²) in [7, 11) is 0. The molecule has 0 radical (unpaired) electrons. The van der Waals surface area contributed by atoms with Gasteiger partial charge >= 0.3 is 0 Å². The molecule has 0 aliphatic carbocycles. The Morgan fingerprint density at radius 3 is 3.20 bits per heavy atom. The summed E-state index contributed by atoms with van der Waals surface area (Å²) in [6.45, 7) is 1.31. The summed E-state index contributed by atoms with van der Waals surface area (Å²) >= 11 is 0. The van der Waals surface area contributed by atoms with Crippen LogP contribution in [0.1, 0.15) is 0 Å². The molecule has 15 heavy (non-hydrogen) atoms. The van der Waals surface area contributed by atoms with Crippen molar-refractivity contribution < 1.29 is 0 Å². The largest absolute Gasteiger partial charge is 0.368 e. The second kappa shape index (κ2) is 4.36. The molecule has 0 bridgehead atoms. The summed E-state index contributed by atoms with van der Waals surface area (Å²) in [4.78, 5) is 17.3. The van der Waals surface area contributed by atoms with Crippen LogP contribution in [0.25, 0.3) is 0 Å². The van der Waals surface area contributed by atoms with Gasteiger partial charge in [0.25, 0.3) is 5.56 Å². The zero-order valence-electron chi connectivity index (χ0n) is 7.92. The lowest BCUT2D eigenvalue weighted by molar-refractivity contribution is 0.608. The van der Waals surface area contributed by atoms with E-state index in [-0.39, 0.29) is 5.56 Å². The van der Waals surface area contributed by atoms with Crippen LogP contribution in [0.5, 0.6) is 0 Å². The van der Waals surface area contributed by atoms with E-state index in [4.69, 9.17) is 0 Å². The third-order valence-electron chi connectivity index (χ3n) is 1.80. The molecule has 0 atom stereocenters. The molecular formula is C8H10N6O. The van der Waals surface area contributed by atoms with E-state index in [2.05, 4.69) is 25.6 Å². The lowest BCUT2D eigenvalue weighted by Crippen LogP contribution is -2.14. The predicted molar refractivity (Wildman–Crippen MR) is 53.4 cm³/mol. The highest BCUT2D eigenvalue weighted by atomic mass is 16.1. The maximum Gasteiger partial charge on any atom is 0.252 e. The SMILES string of the molecule is O=c1cc(NCCn2ccnn2)nc[nH]1. The van der Waals surface area contributed by atoms with Crippen LogP contribution in [0.2, 0.25) is 0 Å². The highest BCUT2D eigenvalue weighted by Crippen LogP contribution is 1.93. The summed E-state index contributed by atoms with van der Waals surface area (Å²) in [6.07, 6.45) is 4.75. The zero-order valence-corrected chi connectivity index (χ0v) is 7.92. The van der Waals surface area contributed by atoms with Crippen molar-refractivity contribution in [2.24, 2.45) is 0 Å². The molecule has 7 nitrogen and oxygen atoms in total. The number of nitrogens with zero attached hydrogens (tertiary/aromatic N) is 4. The highest BCUT2D eigenvalue weighted by molar-refractivity contribution is 5.31. The Balaban J connectivity index is 1.86. The van der Waals surface area contributed by atoms with Crippen molar-refractivity contribution in [3.05, 3.63) is 35.1 Å². The molecule has 0 aliphatic rings. The van der Waals surface area contributed by atoms with Gasteiger partial charge < -0.3 is 10.3 Å². The van der Waals surface area contributed by atoms with Crippen molar-refractivity contribution in [3.63, 3.8) is 0 Å². The molecule has 7 heteroatoms. The predicted octanol–water partition coefficient (Wildman–Crippen LogP) is -0.527. The van der Waals surface area contributed by atoms with Crippen LogP contribution in [-0.4, -0.2) is 31.5 Å². The van der Waals surface area contributed by atoms with Gasteiger partial charge in [0.15, 0.2) is 0 Å². The minimum absolute atomic E-state index is 0.173. The van der Waals surface area contributed by atoms with Crippen LogP contribution in [0, 0.1) is 0 Å². The lowest BCUT2D eigenvalue weighted by atomic mass is 10.5. The van der Waals surface area contributed by atoms with Crippen LogP contribution in [-0.2, 0) is 6.54 Å². The first-order valence-corrected chi connectivity index (χ1v) is 4.47. The minimum Gasteiger partial charge on any atom is -0.368 e. The number of anilines is 1. The fourth-order valence-electron chi connectivity index (χ4n) is 1.12. The monoisotopic (exact) mass is 206 g/mol. The maximum atomic E-state index is 10.9. The van der Waals surface area contributed by atoms with Gasteiger partial charge in [0.1, 0.15) is 5.82 Å². The Bertz CT molecular complexity index is 462. The van der Waals surface area contributed by atoms with Crippen LogP contribution in [0.15, 0.2) is 29.6 Å². The van der Waals surface area contributed by atoms with E-state index >= 15 is 0 Å². The van der Waals surface area contributed by atoms with Crippen molar-refractivity contribution >= 4 is 5.82 Å². The minimum atomic E-state index is -0.173. The molecule has 0 spiro atoms. The molecule has 0 saturated carbocycles. The van der Waals surface area contributed by atoms with Gasteiger partial charge in [-0.1, -0.05) is 5.21 Å². The average Bonchev–Trinajstić information content (AvgIpc) is 2.71. The molecule has 78 valence electrons. The van der Waals surface area contributed by atoms with Crippen molar-refractivity contribution in [1.82, 2.24) is 25.0 Å². The number of hydrogen-bond acceptors (Lipinski definition) is 5. The smallest absolute Gasteiger partial charge is 0.252 e. The van der Waals surface area contributed by atoms with Gasteiger partial charge in [0, 0.05) is 18.8 Å². The quantitative estimate of drug-likeness (QED) is 0.702. The van der Waals surface area contributed by atoms with Crippen LogP contribution < -0.4 is 10.9 Å². The van der Waals surface area contributed by atoms with E-state index in [1.54, 1.807) is 17.1 Å². The summed E-state index contributed by atoms with van der Waals surface area (Å²) in [5, 5.41) is 10.5. The number of rotatable bonds is 4. The first-order valence-electron chi connectivity index (χ1n) is 4.47. The molecule has 0 aliphatic heterocycles. The molecule has 2 aromatic rings. The van der Waals surface area contributed by atoms with Crippen molar-refractivity contribution in [2.75, 3.05) is 11.9 Å². The van der Waals surface area contributed by atoms with Crippen LogP contribution >= 0.6 is 0 Å². The fourth-order valence-corrected chi connectivity index (χ4v) is 1.12. The highest BCUT2D eigenvalue weighted by Gasteiger charge is 1.94. The summed E-state index contributed by atoms with van der Waals surface area (Å²) < 4.78 is 1.69. The number of aromatic nitrogens is 5. The van der Waals surface area contributed by atoms with Gasteiger partial charge in [-0.2, -0.15) is 0 Å². The molecule has 0 unspecified atom stereocenters. The number of nitrogens with one attached hydrogen (secondary N) is 2. The van der Waals surface area contributed by atoms with E-state index in [0.717, 1.165) is 0 Å². The molecule has 2 N–H and O–H groups in total. The molecular weight excluding hydrogens is 196 g/mol. The molecule has 0 saturated heterocycles. The number of H-pyrrole nitrogens is 1. The number of aromatic amines is 1. The van der Waals surface area contributed by atoms with E-state index in [0.29, 0.717) is 18.9 Å². The van der Waals surface area contributed by atoms with E-state index in [1.165, 1.54) is 12.4 Å². The average molecular weight is 206 g/mol. The van der Waals surface area contributed by atoms with E-state index in [1.807, 2.05) is 0 Å². The Morgan fingerprint density at radius 2 is 2.47 bits per heavy atom. The third kappa shape index (κ3) is 2.63. The van der Waals surface area contributed by atoms with Gasteiger partial charge in [-0.15, -0.1) is 5.10 Å². The Labute approximate surface area is 85.2 Å². The summed E-state index contributed by atoms with van der Waals surface area (Å²) in [6, 6.07) is 1.40. The fraction of sp³-hybridized carbons (Fsp3) is 0.250. The lowest BCUT2D eigenvalue weighted by Gasteiger charge is -2.03. The maximum absolute atomic E-state index is 10.9. The third-order valence-corrected chi connectivity index (χ3v) is 1.80. The van der Waals surface area contributed by atoms with E-state index < -0.39 is 0 Å².